The summed E-state index contributed by atoms with van der Waals surface area (Å²) in [5, 5.41) is 4.66. The number of nitrogen functional groups attached to an aromatic ring is 1. The Morgan fingerprint density at radius 2 is 2.19 bits per heavy atom. The highest BCUT2D eigenvalue weighted by molar-refractivity contribution is 7.99. The summed E-state index contributed by atoms with van der Waals surface area (Å²) in [6, 6.07) is 1.85. The number of nitrogens with two attached hydrogens (primary N) is 1. The van der Waals surface area contributed by atoms with Crippen molar-refractivity contribution in [3.63, 3.8) is 0 Å². The van der Waals surface area contributed by atoms with Crippen LogP contribution >= 0.6 is 11.8 Å². The molecule has 3 heterocycles. The first-order valence-electron chi connectivity index (χ1n) is 6.46. The number of hydrogen-bond donors (Lipinski definition) is 3. The van der Waals surface area contributed by atoms with Crippen molar-refractivity contribution in [2.24, 2.45) is 0 Å². The van der Waals surface area contributed by atoms with E-state index in [0.717, 1.165) is 28.5 Å². The second-order valence-corrected chi connectivity index (χ2v) is 5.27. The molecule has 4 N–H and O–H groups in total. The molecule has 8 nitrogen and oxygen atoms in total. The minimum atomic E-state index is 0.230. The second kappa shape index (κ2) is 5.92. The molecule has 0 amide bonds. The van der Waals surface area contributed by atoms with Crippen LogP contribution in [-0.4, -0.2) is 36.4 Å². The van der Waals surface area contributed by atoms with E-state index < -0.39 is 0 Å². The van der Waals surface area contributed by atoms with Gasteiger partial charge in [0.15, 0.2) is 5.65 Å². The van der Waals surface area contributed by atoms with Gasteiger partial charge in [0, 0.05) is 12.6 Å². The van der Waals surface area contributed by atoms with Gasteiger partial charge in [-0.15, -0.1) is 0 Å². The molecule has 9 heteroatoms. The second-order valence-electron chi connectivity index (χ2n) is 4.26. The highest BCUT2D eigenvalue weighted by Crippen LogP contribution is 2.29. The number of anilines is 2. The van der Waals surface area contributed by atoms with Crippen LogP contribution < -0.4 is 11.1 Å². The van der Waals surface area contributed by atoms with Crippen LogP contribution in [0.4, 0.5) is 11.8 Å². The lowest BCUT2D eigenvalue weighted by molar-refractivity contribution is 0.956. The molecule has 3 rings (SSSR count). The van der Waals surface area contributed by atoms with E-state index in [9.17, 15) is 0 Å². The van der Waals surface area contributed by atoms with Gasteiger partial charge in [-0.1, -0.05) is 6.92 Å². The summed E-state index contributed by atoms with van der Waals surface area (Å²) in [6.45, 7) is 2.92. The predicted octanol–water partition coefficient (Wildman–Crippen LogP) is 1.70. The quantitative estimate of drug-likeness (QED) is 0.609. The van der Waals surface area contributed by atoms with Gasteiger partial charge in [0.05, 0.1) is 6.33 Å². The number of H-pyrrole nitrogens is 1. The lowest BCUT2D eigenvalue weighted by atomic mass is 10.4. The molecule has 0 saturated heterocycles. The Hall–Kier alpha value is -2.42. The maximum absolute atomic E-state index is 5.75. The molecule has 0 fully saturated rings. The van der Waals surface area contributed by atoms with E-state index in [-0.39, 0.29) is 5.95 Å². The van der Waals surface area contributed by atoms with Crippen molar-refractivity contribution in [1.29, 1.82) is 0 Å². The van der Waals surface area contributed by atoms with E-state index >= 15 is 0 Å². The fourth-order valence-electron chi connectivity index (χ4n) is 1.76. The van der Waals surface area contributed by atoms with Crippen LogP contribution in [0, 0.1) is 0 Å². The Balaban J connectivity index is 1.90. The highest BCUT2D eigenvalue weighted by Gasteiger charge is 2.10. The smallest absolute Gasteiger partial charge is 0.223 e. The Morgan fingerprint density at radius 3 is 3.05 bits per heavy atom. The van der Waals surface area contributed by atoms with Crippen molar-refractivity contribution in [1.82, 2.24) is 29.9 Å². The monoisotopic (exact) mass is 302 g/mol. The summed E-state index contributed by atoms with van der Waals surface area (Å²) >= 11 is 1.39. The SMILES string of the molecule is CCCNc1cc(Sc2ncnc3nc[nH]c23)nc(N)n1. The summed E-state index contributed by atoms with van der Waals surface area (Å²) in [6.07, 6.45) is 4.07. The van der Waals surface area contributed by atoms with Gasteiger partial charge >= 0.3 is 0 Å². The fourth-order valence-corrected chi connectivity index (χ4v) is 2.62. The average Bonchev–Trinajstić information content (AvgIpc) is 2.94. The summed E-state index contributed by atoms with van der Waals surface area (Å²) in [4.78, 5) is 23.8. The first-order valence-corrected chi connectivity index (χ1v) is 7.28. The Morgan fingerprint density at radius 1 is 1.29 bits per heavy atom. The molecule has 0 unspecified atom stereocenters. The predicted molar refractivity (Wildman–Crippen MR) is 81.0 cm³/mol. The molecule has 0 spiro atoms. The molecular formula is C12H14N8S. The van der Waals surface area contributed by atoms with Crippen LogP contribution in [0.2, 0.25) is 0 Å². The van der Waals surface area contributed by atoms with E-state index in [0.29, 0.717) is 11.5 Å². The minimum Gasteiger partial charge on any atom is -0.370 e. The third-order valence-electron chi connectivity index (χ3n) is 2.67. The van der Waals surface area contributed by atoms with E-state index in [4.69, 9.17) is 5.73 Å². The normalized spacial score (nSPS) is 10.9. The highest BCUT2D eigenvalue weighted by atomic mass is 32.2. The third-order valence-corrected chi connectivity index (χ3v) is 3.59. The van der Waals surface area contributed by atoms with Gasteiger partial charge in [-0.2, -0.15) is 4.98 Å². The Kier molecular flexibility index (Phi) is 3.82. The Bertz CT molecular complexity index is 756. The lowest BCUT2D eigenvalue weighted by Crippen LogP contribution is -2.05. The first-order chi connectivity index (χ1) is 10.3. The van der Waals surface area contributed by atoms with E-state index in [1.807, 2.05) is 6.07 Å². The topological polar surface area (TPSA) is 118 Å². The van der Waals surface area contributed by atoms with Gasteiger partial charge in [-0.25, -0.2) is 19.9 Å². The van der Waals surface area contributed by atoms with Crippen LogP contribution in [-0.2, 0) is 0 Å². The molecule has 0 saturated carbocycles. The zero-order valence-electron chi connectivity index (χ0n) is 11.4. The van der Waals surface area contributed by atoms with Gasteiger partial charge in [0.2, 0.25) is 5.95 Å². The molecule has 3 aromatic rings. The summed E-state index contributed by atoms with van der Waals surface area (Å²) in [7, 11) is 0. The summed E-state index contributed by atoms with van der Waals surface area (Å²) in [5.41, 5.74) is 7.15. The van der Waals surface area contributed by atoms with E-state index in [1.54, 1.807) is 6.33 Å². The Labute approximate surface area is 125 Å². The van der Waals surface area contributed by atoms with Crippen LogP contribution in [0.3, 0.4) is 0 Å². The van der Waals surface area contributed by atoms with Crippen LogP contribution in [0.15, 0.2) is 28.8 Å². The number of aromatic amines is 1. The zero-order chi connectivity index (χ0) is 14.7. The zero-order valence-corrected chi connectivity index (χ0v) is 12.2. The molecule has 0 bridgehead atoms. The number of rotatable bonds is 5. The number of aromatic nitrogens is 6. The summed E-state index contributed by atoms with van der Waals surface area (Å²) < 4.78 is 0. The van der Waals surface area contributed by atoms with Gasteiger partial charge in [-0.05, 0) is 18.2 Å². The van der Waals surface area contributed by atoms with Crippen LogP contribution in [0.25, 0.3) is 11.2 Å². The standard InChI is InChI=1S/C12H14N8S/c1-2-3-14-7-4-8(20-12(13)19-7)21-11-9-10(16-5-15-9)17-6-18-11/h4-6H,2-3H2,1H3,(H3,13,14,19,20)(H,15,16,17,18). The number of nitrogens with zero attached hydrogens (tertiary/aromatic N) is 5. The minimum absolute atomic E-state index is 0.230. The molecule has 0 aliphatic carbocycles. The van der Waals surface area contributed by atoms with Crippen molar-refractivity contribution >= 4 is 34.7 Å². The van der Waals surface area contributed by atoms with Crippen LogP contribution in [0.1, 0.15) is 13.3 Å². The third kappa shape index (κ3) is 3.02. The maximum Gasteiger partial charge on any atom is 0.223 e. The van der Waals surface area contributed by atoms with Gasteiger partial charge in [0.1, 0.15) is 27.7 Å². The van der Waals surface area contributed by atoms with Crippen molar-refractivity contribution in [2.45, 2.75) is 23.4 Å². The number of hydrogen-bond acceptors (Lipinski definition) is 8. The lowest BCUT2D eigenvalue weighted by Gasteiger charge is -2.07. The van der Waals surface area contributed by atoms with Crippen molar-refractivity contribution in [2.75, 3.05) is 17.6 Å². The van der Waals surface area contributed by atoms with E-state index in [1.165, 1.54) is 18.1 Å². The number of imidazole rings is 1. The number of fused-ring (bicyclic) bond motifs is 1. The van der Waals surface area contributed by atoms with Crippen LogP contribution in [0.5, 0.6) is 0 Å². The average molecular weight is 302 g/mol. The molecule has 0 aliphatic heterocycles. The van der Waals surface area contributed by atoms with E-state index in [2.05, 4.69) is 42.1 Å². The van der Waals surface area contributed by atoms with Gasteiger partial charge in [-0.3, -0.25) is 0 Å². The van der Waals surface area contributed by atoms with Crippen molar-refractivity contribution in [3.05, 3.63) is 18.7 Å². The van der Waals surface area contributed by atoms with Gasteiger partial charge in [0.25, 0.3) is 0 Å². The molecule has 3 aromatic heterocycles. The molecule has 0 radical (unpaired) electrons. The van der Waals surface area contributed by atoms with Crippen molar-refractivity contribution in [3.8, 4) is 0 Å². The molecule has 21 heavy (non-hydrogen) atoms. The maximum atomic E-state index is 5.75. The van der Waals surface area contributed by atoms with Gasteiger partial charge < -0.3 is 16.0 Å². The molecule has 0 aliphatic rings. The first kappa shape index (κ1) is 13.6. The molecule has 0 atom stereocenters. The number of nitrogens with one attached hydrogen (secondary N) is 2. The molecule has 108 valence electrons. The largest absolute Gasteiger partial charge is 0.370 e. The summed E-state index contributed by atoms with van der Waals surface area (Å²) in [5.74, 6) is 0.940. The fraction of sp³-hybridized carbons (Fsp3) is 0.250. The van der Waals surface area contributed by atoms with Crippen molar-refractivity contribution < 1.29 is 0 Å². The molecule has 0 aromatic carbocycles. The molecular weight excluding hydrogens is 288 g/mol.